The monoisotopic (exact) mass is 867 g/mol. The molecule has 3 saturated carbocycles. The van der Waals surface area contributed by atoms with Gasteiger partial charge >= 0.3 is 0 Å². The second-order valence-electron chi connectivity index (χ2n) is 21.2. The first-order chi connectivity index (χ1) is 28.9. The number of hydrogen-bond acceptors (Lipinski definition) is 16. The summed E-state index contributed by atoms with van der Waals surface area (Å²) >= 11 is 0. The summed E-state index contributed by atoms with van der Waals surface area (Å²) in [6.45, 7) is 13.2. The fraction of sp³-hybridized carbons (Fsp3) is 0.956. The highest BCUT2D eigenvalue weighted by Crippen LogP contribution is 2.70. The molecule has 16 nitrogen and oxygen atoms in total. The predicted octanol–water partition coefficient (Wildman–Crippen LogP) is 0.815. The number of hydrogen-bond donors (Lipinski definition) is 9. The molecule has 4 aliphatic carbocycles. The van der Waals surface area contributed by atoms with Gasteiger partial charge in [-0.2, -0.15) is 0 Å². The molecular formula is C45H73NO15. The smallest absolute Gasteiger partial charge is 0.187 e. The van der Waals surface area contributed by atoms with E-state index in [4.69, 9.17) is 33.2 Å². The summed E-state index contributed by atoms with van der Waals surface area (Å²) in [6.07, 6.45) is -10.2. The van der Waals surface area contributed by atoms with Gasteiger partial charge in [0.15, 0.2) is 18.9 Å². The van der Waals surface area contributed by atoms with Gasteiger partial charge < -0.3 is 74.0 Å². The molecule has 0 aromatic heterocycles. The van der Waals surface area contributed by atoms with Crippen molar-refractivity contribution in [3.05, 3.63) is 11.6 Å². The minimum absolute atomic E-state index is 0.0148. The highest BCUT2D eigenvalue weighted by atomic mass is 16.8. The van der Waals surface area contributed by atoms with E-state index in [0.29, 0.717) is 48.3 Å². The lowest BCUT2D eigenvalue weighted by Gasteiger charge is -2.59. The Balaban J connectivity index is 0.937. The van der Waals surface area contributed by atoms with Crippen LogP contribution in [0.2, 0.25) is 0 Å². The molecule has 9 N–H and O–H groups in total. The lowest BCUT2D eigenvalue weighted by molar-refractivity contribution is -0.393. The van der Waals surface area contributed by atoms with Crippen molar-refractivity contribution in [2.75, 3.05) is 13.2 Å². The van der Waals surface area contributed by atoms with Crippen LogP contribution in [-0.4, -0.2) is 164 Å². The zero-order chi connectivity index (χ0) is 43.5. The van der Waals surface area contributed by atoms with Gasteiger partial charge in [0, 0.05) is 12.5 Å². The molecule has 0 aromatic rings. The average molecular weight is 868 g/mol. The normalized spacial score (nSPS) is 58.4. The van der Waals surface area contributed by atoms with E-state index in [1.54, 1.807) is 0 Å². The number of aliphatic hydroxyl groups excluding tert-OH is 8. The van der Waals surface area contributed by atoms with Crippen LogP contribution < -0.4 is 5.32 Å². The summed E-state index contributed by atoms with van der Waals surface area (Å²) in [5.41, 5.74) is 1.38. The summed E-state index contributed by atoms with van der Waals surface area (Å²) in [5.74, 6) is 3.40. The summed E-state index contributed by atoms with van der Waals surface area (Å²) < 4.78 is 44.1. The molecule has 348 valence electrons. The van der Waals surface area contributed by atoms with Crippen LogP contribution >= 0.6 is 0 Å². The van der Waals surface area contributed by atoms with E-state index in [0.717, 1.165) is 32.2 Å². The number of fused-ring (bicyclic) bond motifs is 7. The SMILES string of the molecule is C[C@@H]1CC[C@]2(NC1)O[C@H]1C[C@H]3[C@@H]4CC=C5C[C@@H](O[C@H]6O[C@@H](CO)[C@H](O)[C@@H](O[C@@H]7O[C@H](C)[C@@H](O)[C@@H](O)[C@@H]7O)[C@@H]6O[C@@H]6O[C@H](C)[C@@H](O)[C@H](O)[C@@H]6O)CC[C@]5(C)[C@@H]4CC[C@]3(C)[C@H]1[C@@H]2C. The molecule has 5 heterocycles. The van der Waals surface area contributed by atoms with Crippen molar-refractivity contribution in [1.82, 2.24) is 5.32 Å². The molecular weight excluding hydrogens is 794 g/mol. The van der Waals surface area contributed by atoms with Crippen molar-refractivity contribution in [3.63, 3.8) is 0 Å². The van der Waals surface area contributed by atoms with E-state index in [9.17, 15) is 40.9 Å². The summed E-state index contributed by atoms with van der Waals surface area (Å²) in [4.78, 5) is 0. The maximum absolute atomic E-state index is 11.6. The third-order valence-electron chi connectivity index (χ3n) is 17.9. The Hall–Kier alpha value is -0.900. The highest BCUT2D eigenvalue weighted by molar-refractivity contribution is 5.26. The van der Waals surface area contributed by atoms with E-state index in [1.165, 1.54) is 38.7 Å². The summed E-state index contributed by atoms with van der Waals surface area (Å²) in [7, 11) is 0. The molecule has 0 aromatic carbocycles. The highest BCUT2D eigenvalue weighted by Gasteiger charge is 2.68. The minimum atomic E-state index is -1.73. The van der Waals surface area contributed by atoms with E-state index in [1.807, 2.05) is 0 Å². The Morgan fingerprint density at radius 2 is 1.36 bits per heavy atom. The zero-order valence-corrected chi connectivity index (χ0v) is 36.6. The van der Waals surface area contributed by atoms with Crippen molar-refractivity contribution in [2.24, 2.45) is 46.3 Å². The number of rotatable bonds is 7. The Bertz CT molecular complexity index is 1600. The quantitative estimate of drug-likeness (QED) is 0.161. The van der Waals surface area contributed by atoms with Gasteiger partial charge in [0.2, 0.25) is 0 Å². The fourth-order valence-electron chi connectivity index (χ4n) is 14.1. The summed E-state index contributed by atoms with van der Waals surface area (Å²) in [5, 5.41) is 89.7. The van der Waals surface area contributed by atoms with Crippen LogP contribution in [0.5, 0.6) is 0 Å². The Morgan fingerprint density at radius 1 is 0.705 bits per heavy atom. The van der Waals surface area contributed by atoms with Crippen LogP contribution in [0.4, 0.5) is 0 Å². The van der Waals surface area contributed by atoms with Crippen LogP contribution in [-0.2, 0) is 33.2 Å². The van der Waals surface area contributed by atoms with E-state index < -0.39 is 98.7 Å². The Morgan fingerprint density at radius 3 is 1.98 bits per heavy atom. The Labute approximate surface area is 359 Å². The Kier molecular flexibility index (Phi) is 12.4. The number of allylic oxidation sites excluding steroid dienone is 1. The molecule has 0 amide bonds. The molecule has 16 heteroatoms. The molecule has 8 fully saturated rings. The first kappa shape index (κ1) is 45.3. The number of ether oxygens (including phenoxy) is 7. The molecule has 1 spiro atoms. The van der Waals surface area contributed by atoms with Crippen LogP contribution in [0.1, 0.15) is 99.3 Å². The van der Waals surface area contributed by atoms with Gasteiger partial charge in [-0.15, -0.1) is 0 Å². The predicted molar refractivity (Wildman–Crippen MR) is 215 cm³/mol. The third-order valence-corrected chi connectivity index (χ3v) is 17.9. The van der Waals surface area contributed by atoms with Crippen LogP contribution in [0.3, 0.4) is 0 Å². The first-order valence-corrected chi connectivity index (χ1v) is 23.3. The molecule has 0 bridgehead atoms. The minimum Gasteiger partial charge on any atom is -0.394 e. The van der Waals surface area contributed by atoms with Crippen LogP contribution in [0, 0.1) is 46.3 Å². The maximum Gasteiger partial charge on any atom is 0.187 e. The molecule has 5 aliphatic heterocycles. The lowest BCUT2D eigenvalue weighted by Crippen LogP contribution is -2.67. The van der Waals surface area contributed by atoms with Crippen LogP contribution in [0.25, 0.3) is 0 Å². The molecule has 26 atom stereocenters. The van der Waals surface area contributed by atoms with Gasteiger partial charge in [-0.1, -0.05) is 39.3 Å². The van der Waals surface area contributed by atoms with Gasteiger partial charge in [0.1, 0.15) is 66.8 Å². The van der Waals surface area contributed by atoms with E-state index in [-0.39, 0.29) is 28.8 Å². The topological polar surface area (TPSA) is 238 Å². The number of nitrogens with one attached hydrogen (secondary N) is 1. The first-order valence-electron chi connectivity index (χ1n) is 23.3. The largest absolute Gasteiger partial charge is 0.394 e. The van der Waals surface area contributed by atoms with Crippen molar-refractivity contribution in [1.29, 1.82) is 0 Å². The standard InChI is InChI=1S/C45H73NO15/c1-19-9-14-45(46-17-19)20(2)30-28(61-45)16-27-25-8-7-23-15-24(10-12-43(23,5)26(25)11-13-44(27,30)6)57-42-39(60-41-37(54)35(52)32(49)22(4)56-41)38(33(50)29(18-47)58-42)59-40-36(53)34(51)31(48)21(3)55-40/h7,19-22,24-42,46-54H,8-18H2,1-6H3/t19-,20+,21-,22-,24+,25-,26-,27+,28+,29+,30+,31-,32-,33+,34-,35+,36+,37+,38-,39+,40+,41+,42+,43+,44+,45+/m1/s1. The molecule has 9 aliphatic rings. The van der Waals surface area contributed by atoms with E-state index in [2.05, 4.69) is 39.1 Å². The third kappa shape index (κ3) is 7.42. The van der Waals surface area contributed by atoms with Crippen molar-refractivity contribution in [3.8, 4) is 0 Å². The average Bonchev–Trinajstić information content (AvgIpc) is 3.69. The van der Waals surface area contributed by atoms with Crippen molar-refractivity contribution < 1.29 is 74.0 Å². The summed E-state index contributed by atoms with van der Waals surface area (Å²) in [6, 6.07) is 0. The molecule has 9 rings (SSSR count). The second kappa shape index (κ2) is 16.8. The van der Waals surface area contributed by atoms with E-state index >= 15 is 0 Å². The molecule has 61 heavy (non-hydrogen) atoms. The van der Waals surface area contributed by atoms with Crippen LogP contribution in [0.15, 0.2) is 11.6 Å². The fourth-order valence-corrected chi connectivity index (χ4v) is 14.1. The van der Waals surface area contributed by atoms with Gasteiger partial charge in [-0.25, -0.2) is 0 Å². The zero-order valence-electron chi connectivity index (χ0n) is 36.6. The van der Waals surface area contributed by atoms with Gasteiger partial charge in [0.05, 0.1) is 31.0 Å². The molecule has 5 saturated heterocycles. The molecule has 0 unspecified atom stereocenters. The van der Waals surface area contributed by atoms with Crippen molar-refractivity contribution in [2.45, 2.75) is 209 Å². The van der Waals surface area contributed by atoms with Gasteiger partial charge in [0.25, 0.3) is 0 Å². The van der Waals surface area contributed by atoms with Gasteiger partial charge in [-0.05, 0) is 112 Å². The number of aliphatic hydroxyl groups is 8. The second-order valence-corrected chi connectivity index (χ2v) is 21.2. The number of piperidine rings is 1. The maximum atomic E-state index is 11.6. The van der Waals surface area contributed by atoms with Crippen molar-refractivity contribution >= 4 is 0 Å². The molecule has 0 radical (unpaired) electrons. The van der Waals surface area contributed by atoms with Gasteiger partial charge in [-0.3, -0.25) is 5.32 Å². The lowest BCUT2D eigenvalue weighted by atomic mass is 9.47.